The lowest BCUT2D eigenvalue weighted by Crippen LogP contribution is -1.99. The maximum atomic E-state index is 5.64. The van der Waals surface area contributed by atoms with Crippen LogP contribution in [-0.2, 0) is 19.9 Å². The molecule has 0 aliphatic carbocycles. The molecule has 0 aromatic carbocycles. The third-order valence-corrected chi connectivity index (χ3v) is 2.67. The van der Waals surface area contributed by atoms with E-state index in [-0.39, 0.29) is 0 Å². The fourth-order valence-corrected chi connectivity index (χ4v) is 1.68. The second kappa shape index (κ2) is 5.96. The highest BCUT2D eigenvalue weighted by Crippen LogP contribution is 2.10. The number of nitrogens with zero attached hydrogens (tertiary/aromatic N) is 2. The standard InChI is InChI=1S/C12H19ClN2/c1-4-11-9-12(15(3)14-11)8-10(2)6-5-7-13/h6,9H,4-5,7-8H2,1-3H3. The van der Waals surface area contributed by atoms with E-state index in [0.29, 0.717) is 5.88 Å². The highest BCUT2D eigenvalue weighted by atomic mass is 35.5. The van der Waals surface area contributed by atoms with Crippen molar-refractivity contribution in [3.8, 4) is 0 Å². The minimum Gasteiger partial charge on any atom is -0.272 e. The van der Waals surface area contributed by atoms with Crippen molar-refractivity contribution in [3.63, 3.8) is 0 Å². The Morgan fingerprint density at radius 3 is 2.87 bits per heavy atom. The van der Waals surface area contributed by atoms with Crippen LogP contribution in [0.25, 0.3) is 0 Å². The van der Waals surface area contributed by atoms with Crippen LogP contribution in [0.4, 0.5) is 0 Å². The minimum atomic E-state index is 0.697. The van der Waals surface area contributed by atoms with Crippen LogP contribution in [-0.4, -0.2) is 15.7 Å². The first-order valence-corrected chi connectivity index (χ1v) is 5.94. The van der Waals surface area contributed by atoms with E-state index in [9.17, 15) is 0 Å². The van der Waals surface area contributed by atoms with Crippen LogP contribution in [0.5, 0.6) is 0 Å². The first-order chi connectivity index (χ1) is 7.17. The molecule has 1 aromatic heterocycles. The Hall–Kier alpha value is -0.760. The molecular weight excluding hydrogens is 208 g/mol. The van der Waals surface area contributed by atoms with Crippen LogP contribution < -0.4 is 0 Å². The number of allylic oxidation sites excluding steroid dienone is 2. The summed E-state index contributed by atoms with van der Waals surface area (Å²) in [6, 6.07) is 2.18. The third kappa shape index (κ3) is 3.71. The van der Waals surface area contributed by atoms with Crippen molar-refractivity contribution >= 4 is 11.6 Å². The molecule has 3 heteroatoms. The van der Waals surface area contributed by atoms with Gasteiger partial charge in [0.05, 0.1) is 5.69 Å². The molecule has 0 unspecified atom stereocenters. The lowest BCUT2D eigenvalue weighted by Gasteiger charge is -2.01. The summed E-state index contributed by atoms with van der Waals surface area (Å²) in [6.45, 7) is 4.27. The molecular formula is C12H19ClN2. The molecule has 0 saturated heterocycles. The summed E-state index contributed by atoms with van der Waals surface area (Å²) in [5.74, 6) is 0.697. The first-order valence-electron chi connectivity index (χ1n) is 5.40. The van der Waals surface area contributed by atoms with Gasteiger partial charge in [-0.1, -0.05) is 18.6 Å². The van der Waals surface area contributed by atoms with Crippen LogP contribution in [0, 0.1) is 0 Å². The molecule has 1 aromatic rings. The molecule has 0 amide bonds. The number of rotatable bonds is 5. The van der Waals surface area contributed by atoms with Crippen molar-refractivity contribution in [1.29, 1.82) is 0 Å². The number of hydrogen-bond acceptors (Lipinski definition) is 1. The Balaban J connectivity index is 2.67. The van der Waals surface area contributed by atoms with Crippen molar-refractivity contribution in [2.75, 3.05) is 5.88 Å². The molecule has 0 spiro atoms. The Labute approximate surface area is 96.9 Å². The maximum Gasteiger partial charge on any atom is 0.0624 e. The maximum absolute atomic E-state index is 5.64. The average molecular weight is 227 g/mol. The second-order valence-corrected chi connectivity index (χ2v) is 4.19. The molecule has 1 heterocycles. The molecule has 0 bridgehead atoms. The van der Waals surface area contributed by atoms with Gasteiger partial charge >= 0.3 is 0 Å². The van der Waals surface area contributed by atoms with Crippen molar-refractivity contribution < 1.29 is 0 Å². The summed E-state index contributed by atoms with van der Waals surface area (Å²) in [5.41, 5.74) is 3.80. The largest absolute Gasteiger partial charge is 0.272 e. The summed E-state index contributed by atoms with van der Waals surface area (Å²) in [4.78, 5) is 0. The molecule has 0 aliphatic rings. The van der Waals surface area contributed by atoms with Crippen LogP contribution in [0.15, 0.2) is 17.7 Å². The van der Waals surface area contributed by atoms with E-state index in [4.69, 9.17) is 11.6 Å². The van der Waals surface area contributed by atoms with Gasteiger partial charge in [-0.3, -0.25) is 4.68 Å². The number of halogens is 1. The SMILES string of the molecule is CCc1cc(CC(C)=CCCCl)n(C)n1. The highest BCUT2D eigenvalue weighted by Gasteiger charge is 2.03. The van der Waals surface area contributed by atoms with Gasteiger partial charge < -0.3 is 0 Å². The number of aromatic nitrogens is 2. The van der Waals surface area contributed by atoms with Gasteiger partial charge in [0, 0.05) is 25.0 Å². The normalized spacial score (nSPS) is 12.1. The predicted molar refractivity (Wildman–Crippen MR) is 65.4 cm³/mol. The van der Waals surface area contributed by atoms with Gasteiger partial charge in [-0.2, -0.15) is 5.10 Å². The van der Waals surface area contributed by atoms with Crippen LogP contribution in [0.1, 0.15) is 31.7 Å². The Morgan fingerprint density at radius 2 is 2.33 bits per heavy atom. The van der Waals surface area contributed by atoms with Crippen LogP contribution in [0.3, 0.4) is 0 Å². The van der Waals surface area contributed by atoms with E-state index < -0.39 is 0 Å². The number of hydrogen-bond donors (Lipinski definition) is 0. The zero-order valence-corrected chi connectivity index (χ0v) is 10.5. The number of alkyl halides is 1. The molecule has 2 nitrogen and oxygen atoms in total. The third-order valence-electron chi connectivity index (χ3n) is 2.45. The topological polar surface area (TPSA) is 17.8 Å². The zero-order chi connectivity index (χ0) is 11.3. The monoisotopic (exact) mass is 226 g/mol. The average Bonchev–Trinajstić information content (AvgIpc) is 2.57. The minimum absolute atomic E-state index is 0.697. The van der Waals surface area contributed by atoms with E-state index in [1.54, 1.807) is 0 Å². The van der Waals surface area contributed by atoms with Gasteiger partial charge in [-0.15, -0.1) is 11.6 Å². The van der Waals surface area contributed by atoms with Crippen LogP contribution >= 0.6 is 11.6 Å². The molecule has 0 radical (unpaired) electrons. The molecule has 0 atom stereocenters. The quantitative estimate of drug-likeness (QED) is 0.557. The smallest absolute Gasteiger partial charge is 0.0624 e. The number of aryl methyl sites for hydroxylation is 2. The Morgan fingerprint density at radius 1 is 1.60 bits per heavy atom. The molecule has 1 rings (SSSR count). The van der Waals surface area contributed by atoms with Gasteiger partial charge in [0.25, 0.3) is 0 Å². The lowest BCUT2D eigenvalue weighted by atomic mass is 10.1. The fourth-order valence-electron chi connectivity index (χ4n) is 1.57. The van der Waals surface area contributed by atoms with Gasteiger partial charge in [-0.25, -0.2) is 0 Å². The van der Waals surface area contributed by atoms with E-state index in [1.165, 1.54) is 11.3 Å². The summed E-state index contributed by atoms with van der Waals surface area (Å²) in [7, 11) is 2.00. The lowest BCUT2D eigenvalue weighted by molar-refractivity contribution is 0.707. The Kier molecular flexibility index (Phi) is 4.89. The Bertz CT molecular complexity index is 339. The van der Waals surface area contributed by atoms with Gasteiger partial charge in [0.1, 0.15) is 0 Å². The predicted octanol–water partition coefficient (Wildman–Crippen LogP) is 3.10. The van der Waals surface area contributed by atoms with E-state index in [0.717, 1.165) is 25.0 Å². The highest BCUT2D eigenvalue weighted by molar-refractivity contribution is 6.17. The zero-order valence-electron chi connectivity index (χ0n) is 9.76. The van der Waals surface area contributed by atoms with Gasteiger partial charge in [0.2, 0.25) is 0 Å². The van der Waals surface area contributed by atoms with Crippen LogP contribution in [0.2, 0.25) is 0 Å². The van der Waals surface area contributed by atoms with E-state index in [1.807, 2.05) is 11.7 Å². The van der Waals surface area contributed by atoms with Gasteiger partial charge in [0.15, 0.2) is 0 Å². The van der Waals surface area contributed by atoms with Gasteiger partial charge in [-0.05, 0) is 25.8 Å². The van der Waals surface area contributed by atoms with E-state index >= 15 is 0 Å². The molecule has 0 saturated carbocycles. The molecule has 0 aliphatic heterocycles. The molecule has 84 valence electrons. The van der Waals surface area contributed by atoms with Crippen molar-refractivity contribution in [2.24, 2.45) is 7.05 Å². The summed E-state index contributed by atoms with van der Waals surface area (Å²) in [6.07, 6.45) is 5.12. The summed E-state index contributed by atoms with van der Waals surface area (Å²) in [5, 5.41) is 4.43. The summed E-state index contributed by atoms with van der Waals surface area (Å²) >= 11 is 5.64. The second-order valence-electron chi connectivity index (χ2n) is 3.81. The molecule has 0 fully saturated rings. The molecule has 15 heavy (non-hydrogen) atoms. The first kappa shape index (κ1) is 12.3. The van der Waals surface area contributed by atoms with Crippen molar-refractivity contribution in [3.05, 3.63) is 29.1 Å². The molecule has 0 N–H and O–H groups in total. The van der Waals surface area contributed by atoms with Crippen molar-refractivity contribution in [2.45, 2.75) is 33.1 Å². The summed E-state index contributed by atoms with van der Waals surface area (Å²) < 4.78 is 1.97. The van der Waals surface area contributed by atoms with E-state index in [2.05, 4.69) is 31.1 Å². The fraction of sp³-hybridized carbons (Fsp3) is 0.583. The van der Waals surface area contributed by atoms with Crippen molar-refractivity contribution in [1.82, 2.24) is 9.78 Å².